The first kappa shape index (κ1) is 16.8. The molecule has 1 aliphatic heterocycles. The van der Waals surface area contributed by atoms with Crippen molar-refractivity contribution in [3.05, 3.63) is 0 Å². The minimum atomic E-state index is -0.361. The molecule has 2 aliphatic rings. The first-order valence-electron chi connectivity index (χ1n) is 7.86. The van der Waals surface area contributed by atoms with Gasteiger partial charge < -0.3 is 0 Å². The van der Waals surface area contributed by atoms with Crippen LogP contribution < -0.4 is 0 Å². The van der Waals surface area contributed by atoms with Gasteiger partial charge in [0.15, 0.2) is 0 Å². The summed E-state index contributed by atoms with van der Waals surface area (Å²) in [6, 6.07) is -0.361. The zero-order valence-electron chi connectivity index (χ0n) is 13.5. The standard InChI is InChI=1S/C16H27NO3Se/c1-16(2,3)15-17(10-18)12(14(19)20-4)13(21-15)11-8-6-5-7-9-11/h10-13,15H,5-9H2,1-4H3/t12-,13+,15+/m0/s1. The topological polar surface area (TPSA) is 46.6 Å². The molecule has 0 aromatic carbocycles. The molecule has 1 amide bonds. The molecule has 0 unspecified atom stereocenters. The summed E-state index contributed by atoms with van der Waals surface area (Å²) in [5.74, 6) is 0.351. The first-order chi connectivity index (χ1) is 9.90. The number of esters is 1. The van der Waals surface area contributed by atoms with Gasteiger partial charge in [0, 0.05) is 0 Å². The van der Waals surface area contributed by atoms with Gasteiger partial charge in [-0.2, -0.15) is 0 Å². The minimum absolute atomic E-state index is 0.0105. The van der Waals surface area contributed by atoms with Gasteiger partial charge in [0.2, 0.25) is 0 Å². The molecule has 0 radical (unpaired) electrons. The van der Waals surface area contributed by atoms with E-state index in [0.29, 0.717) is 10.7 Å². The van der Waals surface area contributed by atoms with E-state index in [2.05, 4.69) is 20.8 Å². The van der Waals surface area contributed by atoms with Crippen LogP contribution in [0.25, 0.3) is 0 Å². The van der Waals surface area contributed by atoms with Gasteiger partial charge in [-0.1, -0.05) is 0 Å². The fraction of sp³-hybridized carbons (Fsp3) is 0.875. The van der Waals surface area contributed by atoms with E-state index in [1.807, 2.05) is 0 Å². The quantitative estimate of drug-likeness (QED) is 0.441. The Hall–Kier alpha value is -0.541. The average Bonchev–Trinajstić information content (AvgIpc) is 2.86. The van der Waals surface area contributed by atoms with Gasteiger partial charge in [0.05, 0.1) is 0 Å². The Morgan fingerprint density at radius 2 is 1.86 bits per heavy atom. The number of hydrogen-bond donors (Lipinski definition) is 0. The number of methoxy groups -OCH3 is 1. The number of amides is 1. The first-order valence-corrected chi connectivity index (χ1v) is 9.84. The molecule has 0 bridgehead atoms. The van der Waals surface area contributed by atoms with E-state index in [1.165, 1.54) is 39.2 Å². The molecular weight excluding hydrogens is 333 g/mol. The van der Waals surface area contributed by atoms with Crippen LogP contribution in [0.5, 0.6) is 0 Å². The summed E-state index contributed by atoms with van der Waals surface area (Å²) < 4.78 is 5.02. The summed E-state index contributed by atoms with van der Waals surface area (Å²) in [4.78, 5) is 26.2. The Kier molecular flexibility index (Phi) is 5.37. The molecule has 0 spiro atoms. The number of hydrogen-bond acceptors (Lipinski definition) is 3. The van der Waals surface area contributed by atoms with Crippen LogP contribution in [-0.4, -0.2) is 50.3 Å². The molecule has 3 atom stereocenters. The monoisotopic (exact) mass is 361 g/mol. The zero-order valence-corrected chi connectivity index (χ0v) is 15.2. The predicted octanol–water partition coefficient (Wildman–Crippen LogP) is 2.45. The third kappa shape index (κ3) is 3.45. The molecule has 0 N–H and O–H groups in total. The summed E-state index contributed by atoms with van der Waals surface area (Å²) in [6.45, 7) is 6.48. The number of rotatable bonds is 3. The molecule has 1 aliphatic carbocycles. The van der Waals surface area contributed by atoms with Crippen molar-refractivity contribution in [2.45, 2.75) is 68.7 Å². The van der Waals surface area contributed by atoms with E-state index >= 15 is 0 Å². The molecule has 1 saturated carbocycles. The van der Waals surface area contributed by atoms with E-state index in [4.69, 9.17) is 4.74 Å². The van der Waals surface area contributed by atoms with E-state index in [1.54, 1.807) is 4.90 Å². The van der Waals surface area contributed by atoms with Gasteiger partial charge in [-0.15, -0.1) is 0 Å². The van der Waals surface area contributed by atoms with Crippen LogP contribution >= 0.6 is 0 Å². The van der Waals surface area contributed by atoms with E-state index in [9.17, 15) is 9.59 Å². The molecule has 2 fully saturated rings. The molecule has 21 heavy (non-hydrogen) atoms. The van der Waals surface area contributed by atoms with Crippen LogP contribution in [0.1, 0.15) is 52.9 Å². The molecule has 4 nitrogen and oxygen atoms in total. The molecule has 1 saturated heterocycles. The third-order valence-electron chi connectivity index (χ3n) is 4.61. The summed E-state index contributed by atoms with van der Waals surface area (Å²) in [7, 11) is 1.43. The van der Waals surface area contributed by atoms with Gasteiger partial charge >= 0.3 is 134 Å². The van der Waals surface area contributed by atoms with Gasteiger partial charge in [-0.3, -0.25) is 0 Å². The van der Waals surface area contributed by atoms with Crippen LogP contribution in [0.15, 0.2) is 0 Å². The molecule has 2 rings (SSSR count). The number of nitrogens with zero attached hydrogens (tertiary/aromatic N) is 1. The van der Waals surface area contributed by atoms with Crippen molar-refractivity contribution in [1.29, 1.82) is 0 Å². The van der Waals surface area contributed by atoms with Crippen LogP contribution in [0, 0.1) is 11.3 Å². The van der Waals surface area contributed by atoms with Crippen molar-refractivity contribution < 1.29 is 14.3 Å². The Balaban J connectivity index is 2.28. The van der Waals surface area contributed by atoms with E-state index in [-0.39, 0.29) is 37.3 Å². The fourth-order valence-corrected chi connectivity index (χ4v) is 7.62. The van der Waals surface area contributed by atoms with Crippen molar-refractivity contribution >= 4 is 27.3 Å². The third-order valence-corrected chi connectivity index (χ3v) is 9.15. The predicted molar refractivity (Wildman–Crippen MR) is 83.0 cm³/mol. The number of ether oxygens (including phenoxy) is 1. The van der Waals surface area contributed by atoms with Gasteiger partial charge in [-0.05, 0) is 0 Å². The average molecular weight is 360 g/mol. The molecular formula is C16H27NO3Se. The normalized spacial score (nSPS) is 31.2. The fourth-order valence-electron chi connectivity index (χ4n) is 3.59. The second-order valence-electron chi connectivity index (χ2n) is 7.24. The van der Waals surface area contributed by atoms with Crippen molar-refractivity contribution in [3.63, 3.8) is 0 Å². The maximum absolute atomic E-state index is 12.3. The van der Waals surface area contributed by atoms with Gasteiger partial charge in [-0.25, -0.2) is 0 Å². The summed E-state index contributed by atoms with van der Waals surface area (Å²) >= 11 is 0.264. The Morgan fingerprint density at radius 3 is 2.33 bits per heavy atom. The van der Waals surface area contributed by atoms with Crippen LogP contribution in [0.3, 0.4) is 0 Å². The van der Waals surface area contributed by atoms with Crippen LogP contribution in [-0.2, 0) is 14.3 Å². The Labute approximate surface area is 134 Å². The van der Waals surface area contributed by atoms with Crippen molar-refractivity contribution in [2.75, 3.05) is 7.11 Å². The molecule has 120 valence electrons. The van der Waals surface area contributed by atoms with Crippen LogP contribution in [0.2, 0.25) is 4.82 Å². The SMILES string of the molecule is COC(=O)[C@@H]1[C@@H](C2CCCCC2)[Se][C@H](C(C)(C)C)N1C=O. The molecule has 5 heteroatoms. The molecule has 1 heterocycles. The number of carbonyl (C=O) groups excluding carboxylic acids is 2. The van der Waals surface area contributed by atoms with Crippen LogP contribution in [0.4, 0.5) is 0 Å². The number of carbonyl (C=O) groups is 2. The summed E-state index contributed by atoms with van der Waals surface area (Å²) in [5.41, 5.74) is 0.0105. The van der Waals surface area contributed by atoms with Crippen molar-refractivity contribution in [3.8, 4) is 0 Å². The van der Waals surface area contributed by atoms with Gasteiger partial charge in [0.1, 0.15) is 0 Å². The van der Waals surface area contributed by atoms with Crippen molar-refractivity contribution in [1.82, 2.24) is 4.90 Å². The van der Waals surface area contributed by atoms with E-state index in [0.717, 1.165) is 6.41 Å². The van der Waals surface area contributed by atoms with E-state index < -0.39 is 0 Å². The second-order valence-corrected chi connectivity index (χ2v) is 9.89. The Morgan fingerprint density at radius 1 is 1.24 bits per heavy atom. The Bertz CT molecular complexity index is 387. The molecule has 0 aromatic rings. The summed E-state index contributed by atoms with van der Waals surface area (Å²) in [6.07, 6.45) is 7.09. The van der Waals surface area contributed by atoms with Gasteiger partial charge in [0.25, 0.3) is 0 Å². The van der Waals surface area contributed by atoms with Crippen molar-refractivity contribution in [2.24, 2.45) is 11.3 Å². The second kappa shape index (κ2) is 6.70. The molecule has 0 aromatic heterocycles. The summed E-state index contributed by atoms with van der Waals surface area (Å²) in [5, 5.41) is 0. The maximum atomic E-state index is 12.3. The zero-order chi connectivity index (χ0) is 15.6.